The van der Waals surface area contributed by atoms with Gasteiger partial charge >= 0.3 is 0 Å². The Morgan fingerprint density at radius 1 is 1.25 bits per heavy atom. The molecule has 0 fully saturated rings. The fraction of sp³-hybridized carbons (Fsp3) is 0.375. The zero-order valence-electron chi connectivity index (χ0n) is 11.9. The molecule has 2 aromatic carbocycles. The van der Waals surface area contributed by atoms with Gasteiger partial charge in [0.05, 0.1) is 0 Å². The van der Waals surface area contributed by atoms with Crippen molar-refractivity contribution in [3.63, 3.8) is 0 Å². The predicted molar refractivity (Wildman–Crippen MR) is 80.0 cm³/mol. The van der Waals surface area contributed by atoms with Crippen molar-refractivity contribution >= 4 is 10.8 Å². The number of phenols is 1. The minimum atomic E-state index is 0.339. The summed E-state index contributed by atoms with van der Waals surface area (Å²) in [5.74, 6) is 1.30. The number of nitrogens with zero attached hydrogens (tertiary/aromatic N) is 1. The van der Waals surface area contributed by atoms with Crippen molar-refractivity contribution in [2.45, 2.75) is 20.0 Å². The van der Waals surface area contributed by atoms with Crippen molar-refractivity contribution < 1.29 is 9.84 Å². The highest BCUT2D eigenvalue weighted by molar-refractivity contribution is 5.93. The number of nitrogens with one attached hydrogen (secondary N) is 1. The molecule has 0 aromatic heterocycles. The van der Waals surface area contributed by atoms with Gasteiger partial charge in [-0.05, 0) is 31.1 Å². The third-order valence-electron chi connectivity index (χ3n) is 3.74. The van der Waals surface area contributed by atoms with Gasteiger partial charge in [0, 0.05) is 29.6 Å². The number of ether oxygens (including phenoxy) is 1. The molecule has 3 rings (SSSR count). The molecule has 2 N–H and O–H groups in total. The van der Waals surface area contributed by atoms with E-state index in [0.717, 1.165) is 35.2 Å². The van der Waals surface area contributed by atoms with E-state index in [1.807, 2.05) is 13.1 Å². The van der Waals surface area contributed by atoms with E-state index < -0.39 is 0 Å². The maximum atomic E-state index is 10.1. The number of benzene rings is 2. The summed E-state index contributed by atoms with van der Waals surface area (Å²) in [6.07, 6.45) is 0. The average Bonchev–Trinajstić information content (AvgIpc) is 2.45. The molecule has 1 aliphatic rings. The quantitative estimate of drug-likeness (QED) is 0.901. The van der Waals surface area contributed by atoms with Crippen LogP contribution in [0.4, 0.5) is 0 Å². The second-order valence-electron chi connectivity index (χ2n) is 5.28. The first-order chi connectivity index (χ1) is 9.70. The number of hydrogen-bond acceptors (Lipinski definition) is 4. The lowest BCUT2D eigenvalue weighted by atomic mass is 9.99. The van der Waals surface area contributed by atoms with Crippen LogP contribution in [0.5, 0.6) is 11.5 Å². The van der Waals surface area contributed by atoms with Gasteiger partial charge in [-0.3, -0.25) is 4.90 Å². The standard InChI is InChI=1S/C16H20N2O2/c1-3-17-8-14-12-5-4-11-9-18(2)10-20-16(11)13(12)6-7-15(14)19/h4-7,17,19H,3,8-10H2,1-2H3. The first-order valence-electron chi connectivity index (χ1n) is 6.99. The summed E-state index contributed by atoms with van der Waals surface area (Å²) in [4.78, 5) is 2.13. The van der Waals surface area contributed by atoms with Crippen LogP contribution in [0.15, 0.2) is 24.3 Å². The molecular formula is C16H20N2O2. The zero-order valence-corrected chi connectivity index (χ0v) is 11.9. The maximum Gasteiger partial charge on any atom is 0.142 e. The average molecular weight is 272 g/mol. The summed E-state index contributed by atoms with van der Waals surface area (Å²) in [5.41, 5.74) is 2.14. The molecule has 4 heteroatoms. The van der Waals surface area contributed by atoms with E-state index >= 15 is 0 Å². The summed E-state index contributed by atoms with van der Waals surface area (Å²) in [6.45, 7) is 5.10. The first kappa shape index (κ1) is 13.2. The van der Waals surface area contributed by atoms with E-state index in [-0.39, 0.29) is 0 Å². The largest absolute Gasteiger partial charge is 0.508 e. The molecule has 0 bridgehead atoms. The Kier molecular flexibility index (Phi) is 3.51. The minimum absolute atomic E-state index is 0.339. The molecule has 0 amide bonds. The molecule has 20 heavy (non-hydrogen) atoms. The maximum absolute atomic E-state index is 10.1. The van der Waals surface area contributed by atoms with Crippen molar-refractivity contribution in [3.8, 4) is 11.5 Å². The molecule has 4 nitrogen and oxygen atoms in total. The highest BCUT2D eigenvalue weighted by atomic mass is 16.5. The Labute approximate surface area is 119 Å². The van der Waals surface area contributed by atoms with Crippen molar-refractivity contribution in [2.24, 2.45) is 0 Å². The SMILES string of the molecule is CCNCc1c(O)ccc2c3c(ccc12)CN(C)CO3. The Morgan fingerprint density at radius 2 is 2.05 bits per heavy atom. The lowest BCUT2D eigenvalue weighted by Crippen LogP contribution is -2.28. The Bertz CT molecular complexity index is 640. The third kappa shape index (κ3) is 2.21. The molecule has 0 atom stereocenters. The summed E-state index contributed by atoms with van der Waals surface area (Å²) in [6, 6.07) is 7.90. The highest BCUT2D eigenvalue weighted by Gasteiger charge is 2.18. The van der Waals surface area contributed by atoms with E-state index in [9.17, 15) is 5.11 Å². The lowest BCUT2D eigenvalue weighted by Gasteiger charge is -2.27. The molecular weight excluding hydrogens is 252 g/mol. The van der Waals surface area contributed by atoms with Crippen LogP contribution >= 0.6 is 0 Å². The molecule has 0 saturated heterocycles. The van der Waals surface area contributed by atoms with Gasteiger partial charge in [0.1, 0.15) is 18.2 Å². The summed E-state index contributed by atoms with van der Waals surface area (Å²) >= 11 is 0. The van der Waals surface area contributed by atoms with Crippen LogP contribution < -0.4 is 10.1 Å². The summed E-state index contributed by atoms with van der Waals surface area (Å²) in [5, 5.41) is 15.5. The first-order valence-corrected chi connectivity index (χ1v) is 6.99. The van der Waals surface area contributed by atoms with Crippen LogP contribution in [-0.4, -0.2) is 30.3 Å². The van der Waals surface area contributed by atoms with Crippen LogP contribution in [-0.2, 0) is 13.1 Å². The fourth-order valence-corrected chi connectivity index (χ4v) is 2.72. The fourth-order valence-electron chi connectivity index (χ4n) is 2.72. The lowest BCUT2D eigenvalue weighted by molar-refractivity contribution is 0.123. The van der Waals surface area contributed by atoms with E-state index in [1.54, 1.807) is 6.07 Å². The molecule has 1 aliphatic heterocycles. The molecule has 0 aliphatic carbocycles. The molecule has 0 radical (unpaired) electrons. The van der Waals surface area contributed by atoms with Crippen LogP contribution in [0.2, 0.25) is 0 Å². The van der Waals surface area contributed by atoms with Crippen LogP contribution in [0, 0.1) is 0 Å². The topological polar surface area (TPSA) is 44.7 Å². The normalized spacial score (nSPS) is 15.1. The minimum Gasteiger partial charge on any atom is -0.508 e. The van der Waals surface area contributed by atoms with Gasteiger partial charge in [0.25, 0.3) is 0 Å². The number of aromatic hydroxyl groups is 1. The van der Waals surface area contributed by atoms with Gasteiger partial charge in [0.2, 0.25) is 0 Å². The van der Waals surface area contributed by atoms with Crippen LogP contribution in [0.1, 0.15) is 18.1 Å². The molecule has 1 heterocycles. The van der Waals surface area contributed by atoms with E-state index in [1.165, 1.54) is 5.56 Å². The zero-order chi connectivity index (χ0) is 14.1. The van der Waals surface area contributed by atoms with Crippen molar-refractivity contribution in [1.29, 1.82) is 0 Å². The van der Waals surface area contributed by atoms with Gasteiger partial charge in [-0.25, -0.2) is 0 Å². The van der Waals surface area contributed by atoms with Crippen molar-refractivity contribution in [2.75, 3.05) is 20.3 Å². The van der Waals surface area contributed by atoms with E-state index in [2.05, 4.69) is 29.3 Å². The number of phenolic OH excluding ortho intramolecular Hbond substituents is 1. The second-order valence-corrected chi connectivity index (χ2v) is 5.28. The Hall–Kier alpha value is -1.78. The summed E-state index contributed by atoms with van der Waals surface area (Å²) in [7, 11) is 2.04. The van der Waals surface area contributed by atoms with E-state index in [4.69, 9.17) is 4.74 Å². The Balaban J connectivity index is 2.14. The number of rotatable bonds is 3. The molecule has 0 spiro atoms. The van der Waals surface area contributed by atoms with Gasteiger partial charge < -0.3 is 15.2 Å². The van der Waals surface area contributed by atoms with Gasteiger partial charge in [-0.2, -0.15) is 0 Å². The molecule has 0 unspecified atom stereocenters. The van der Waals surface area contributed by atoms with Crippen LogP contribution in [0.25, 0.3) is 10.8 Å². The Morgan fingerprint density at radius 3 is 2.85 bits per heavy atom. The smallest absolute Gasteiger partial charge is 0.142 e. The van der Waals surface area contributed by atoms with Gasteiger partial charge in [-0.1, -0.05) is 19.1 Å². The highest BCUT2D eigenvalue weighted by Crippen LogP contribution is 2.37. The molecule has 106 valence electrons. The summed E-state index contributed by atoms with van der Waals surface area (Å²) < 4.78 is 5.87. The third-order valence-corrected chi connectivity index (χ3v) is 3.74. The second kappa shape index (κ2) is 5.31. The van der Waals surface area contributed by atoms with Crippen molar-refractivity contribution in [1.82, 2.24) is 10.2 Å². The van der Waals surface area contributed by atoms with Crippen LogP contribution in [0.3, 0.4) is 0 Å². The van der Waals surface area contributed by atoms with Gasteiger partial charge in [-0.15, -0.1) is 0 Å². The molecule has 0 saturated carbocycles. The number of fused-ring (bicyclic) bond motifs is 3. The number of hydrogen-bond donors (Lipinski definition) is 2. The van der Waals surface area contributed by atoms with E-state index in [0.29, 0.717) is 19.0 Å². The van der Waals surface area contributed by atoms with Crippen molar-refractivity contribution in [3.05, 3.63) is 35.4 Å². The predicted octanol–water partition coefficient (Wildman–Crippen LogP) is 2.44. The monoisotopic (exact) mass is 272 g/mol. The molecule has 2 aromatic rings. The van der Waals surface area contributed by atoms with Gasteiger partial charge in [0.15, 0.2) is 0 Å².